The molecule has 1 heterocycles. The molecular formula is C14H19FN2O. The van der Waals surface area contributed by atoms with Crippen molar-refractivity contribution >= 4 is 5.91 Å². The van der Waals surface area contributed by atoms with Gasteiger partial charge < -0.3 is 10.6 Å². The molecule has 1 fully saturated rings. The maximum Gasteiger partial charge on any atom is 0.220 e. The van der Waals surface area contributed by atoms with E-state index >= 15 is 0 Å². The molecule has 1 saturated heterocycles. The number of hydrogen-bond donors (Lipinski definition) is 2. The predicted molar refractivity (Wildman–Crippen MR) is 68.7 cm³/mol. The third-order valence-electron chi connectivity index (χ3n) is 3.30. The molecule has 98 valence electrons. The van der Waals surface area contributed by atoms with Gasteiger partial charge in [-0.15, -0.1) is 0 Å². The standard InChI is InChI=1S/C14H19FN2O/c15-13-4-1-11(2-5-13)3-6-14(18)17-10-12-7-8-16-9-12/h1-2,4-5,12,16H,3,6-10H2,(H,17,18)/t12-/m1/s1. The molecule has 0 radical (unpaired) electrons. The summed E-state index contributed by atoms with van der Waals surface area (Å²) in [7, 11) is 0. The van der Waals surface area contributed by atoms with Crippen molar-refractivity contribution in [3.05, 3.63) is 35.6 Å². The minimum Gasteiger partial charge on any atom is -0.356 e. The molecule has 2 rings (SSSR count). The van der Waals surface area contributed by atoms with Crippen molar-refractivity contribution < 1.29 is 9.18 Å². The van der Waals surface area contributed by atoms with Crippen LogP contribution in [-0.2, 0) is 11.2 Å². The molecular weight excluding hydrogens is 231 g/mol. The van der Waals surface area contributed by atoms with Crippen LogP contribution in [0.2, 0.25) is 0 Å². The topological polar surface area (TPSA) is 41.1 Å². The monoisotopic (exact) mass is 250 g/mol. The second kappa shape index (κ2) is 6.50. The number of halogens is 1. The Labute approximate surface area is 107 Å². The van der Waals surface area contributed by atoms with Crippen LogP contribution in [0, 0.1) is 11.7 Å². The Bertz CT molecular complexity index is 385. The fraction of sp³-hybridized carbons (Fsp3) is 0.500. The van der Waals surface area contributed by atoms with Crippen molar-refractivity contribution in [2.45, 2.75) is 19.3 Å². The summed E-state index contributed by atoms with van der Waals surface area (Å²) < 4.78 is 12.7. The number of rotatable bonds is 5. The highest BCUT2D eigenvalue weighted by molar-refractivity contribution is 5.76. The molecule has 1 aliphatic rings. The van der Waals surface area contributed by atoms with E-state index in [0.29, 0.717) is 18.8 Å². The summed E-state index contributed by atoms with van der Waals surface area (Å²) in [6.45, 7) is 2.81. The van der Waals surface area contributed by atoms with Crippen LogP contribution in [0.4, 0.5) is 4.39 Å². The summed E-state index contributed by atoms with van der Waals surface area (Å²) in [5.74, 6) is 0.405. The second-order valence-corrected chi connectivity index (χ2v) is 4.79. The Kier molecular flexibility index (Phi) is 4.70. The number of carbonyl (C=O) groups excluding carboxylic acids is 1. The molecule has 0 unspecified atom stereocenters. The van der Waals surface area contributed by atoms with E-state index in [0.717, 1.165) is 31.6 Å². The number of benzene rings is 1. The molecule has 18 heavy (non-hydrogen) atoms. The van der Waals surface area contributed by atoms with Gasteiger partial charge in [-0.05, 0) is 49.5 Å². The number of hydrogen-bond acceptors (Lipinski definition) is 2. The summed E-state index contributed by atoms with van der Waals surface area (Å²) in [5.41, 5.74) is 0.995. The molecule has 0 saturated carbocycles. The van der Waals surface area contributed by atoms with Gasteiger partial charge in [0.1, 0.15) is 5.82 Å². The van der Waals surface area contributed by atoms with Crippen molar-refractivity contribution in [1.82, 2.24) is 10.6 Å². The molecule has 1 aliphatic heterocycles. The Morgan fingerprint density at radius 1 is 1.39 bits per heavy atom. The zero-order valence-corrected chi connectivity index (χ0v) is 10.4. The van der Waals surface area contributed by atoms with Crippen molar-refractivity contribution in [2.24, 2.45) is 5.92 Å². The van der Waals surface area contributed by atoms with Crippen LogP contribution in [0.25, 0.3) is 0 Å². The van der Waals surface area contributed by atoms with Gasteiger partial charge in [0.05, 0.1) is 0 Å². The lowest BCUT2D eigenvalue weighted by molar-refractivity contribution is -0.121. The molecule has 2 N–H and O–H groups in total. The number of carbonyl (C=O) groups is 1. The fourth-order valence-corrected chi connectivity index (χ4v) is 2.14. The average molecular weight is 250 g/mol. The van der Waals surface area contributed by atoms with Crippen LogP contribution in [0.1, 0.15) is 18.4 Å². The lowest BCUT2D eigenvalue weighted by Crippen LogP contribution is -2.30. The first-order valence-corrected chi connectivity index (χ1v) is 6.46. The van der Waals surface area contributed by atoms with Crippen molar-refractivity contribution in [1.29, 1.82) is 0 Å². The smallest absolute Gasteiger partial charge is 0.220 e. The Balaban J connectivity index is 1.66. The van der Waals surface area contributed by atoms with Gasteiger partial charge in [-0.3, -0.25) is 4.79 Å². The van der Waals surface area contributed by atoms with E-state index in [9.17, 15) is 9.18 Å². The Morgan fingerprint density at radius 3 is 2.83 bits per heavy atom. The highest BCUT2D eigenvalue weighted by Gasteiger charge is 2.14. The molecule has 1 amide bonds. The van der Waals surface area contributed by atoms with Crippen molar-refractivity contribution in [2.75, 3.05) is 19.6 Å². The normalized spacial score (nSPS) is 18.8. The third kappa shape index (κ3) is 4.11. The van der Waals surface area contributed by atoms with Crippen LogP contribution in [0.15, 0.2) is 24.3 Å². The summed E-state index contributed by atoms with van der Waals surface area (Å²) in [4.78, 5) is 11.6. The van der Waals surface area contributed by atoms with E-state index in [1.54, 1.807) is 12.1 Å². The van der Waals surface area contributed by atoms with Gasteiger partial charge in [-0.2, -0.15) is 0 Å². The number of nitrogens with one attached hydrogen (secondary N) is 2. The highest BCUT2D eigenvalue weighted by Crippen LogP contribution is 2.07. The van der Waals surface area contributed by atoms with E-state index in [2.05, 4.69) is 10.6 Å². The second-order valence-electron chi connectivity index (χ2n) is 4.79. The number of amides is 1. The van der Waals surface area contributed by atoms with Crippen molar-refractivity contribution in [3.8, 4) is 0 Å². The summed E-state index contributed by atoms with van der Waals surface area (Å²) >= 11 is 0. The van der Waals surface area contributed by atoms with E-state index in [1.165, 1.54) is 12.1 Å². The Hall–Kier alpha value is -1.42. The lowest BCUT2D eigenvalue weighted by Gasteiger charge is -2.09. The van der Waals surface area contributed by atoms with Gasteiger partial charge in [-0.1, -0.05) is 12.1 Å². The molecule has 3 nitrogen and oxygen atoms in total. The van der Waals surface area contributed by atoms with Crippen molar-refractivity contribution in [3.63, 3.8) is 0 Å². The molecule has 0 spiro atoms. The van der Waals surface area contributed by atoms with E-state index in [4.69, 9.17) is 0 Å². The Morgan fingerprint density at radius 2 is 2.17 bits per heavy atom. The van der Waals surface area contributed by atoms with Crippen LogP contribution in [0.5, 0.6) is 0 Å². The zero-order chi connectivity index (χ0) is 12.8. The first kappa shape index (κ1) is 13.0. The van der Waals surface area contributed by atoms with Gasteiger partial charge in [0.25, 0.3) is 0 Å². The maximum absolute atomic E-state index is 12.7. The minimum absolute atomic E-state index is 0.0752. The van der Waals surface area contributed by atoms with Crippen LogP contribution < -0.4 is 10.6 Å². The summed E-state index contributed by atoms with van der Waals surface area (Å²) in [6.07, 6.45) is 2.26. The fourth-order valence-electron chi connectivity index (χ4n) is 2.14. The van der Waals surface area contributed by atoms with Gasteiger partial charge in [-0.25, -0.2) is 4.39 Å². The van der Waals surface area contributed by atoms with Crippen LogP contribution >= 0.6 is 0 Å². The van der Waals surface area contributed by atoms with Gasteiger partial charge in [0, 0.05) is 13.0 Å². The number of aryl methyl sites for hydroxylation is 1. The minimum atomic E-state index is -0.239. The molecule has 1 aromatic carbocycles. The molecule has 1 atom stereocenters. The average Bonchev–Trinajstić information content (AvgIpc) is 2.89. The maximum atomic E-state index is 12.7. The van der Waals surface area contributed by atoms with E-state index in [-0.39, 0.29) is 11.7 Å². The SMILES string of the molecule is O=C(CCc1ccc(F)cc1)NC[C@@H]1CCNC1. The molecule has 0 aliphatic carbocycles. The first-order valence-electron chi connectivity index (χ1n) is 6.46. The van der Waals surface area contributed by atoms with Gasteiger partial charge >= 0.3 is 0 Å². The van der Waals surface area contributed by atoms with E-state index in [1.807, 2.05) is 0 Å². The quantitative estimate of drug-likeness (QED) is 0.831. The zero-order valence-electron chi connectivity index (χ0n) is 10.4. The van der Waals surface area contributed by atoms with Crippen LogP contribution in [0.3, 0.4) is 0 Å². The molecule has 4 heteroatoms. The largest absolute Gasteiger partial charge is 0.356 e. The molecule has 0 aromatic heterocycles. The van der Waals surface area contributed by atoms with Gasteiger partial charge in [0.2, 0.25) is 5.91 Å². The predicted octanol–water partition coefficient (Wildman–Crippen LogP) is 1.48. The highest BCUT2D eigenvalue weighted by atomic mass is 19.1. The molecule has 1 aromatic rings. The van der Waals surface area contributed by atoms with Crippen LogP contribution in [-0.4, -0.2) is 25.5 Å². The summed E-state index contributed by atoms with van der Waals surface area (Å²) in [6, 6.07) is 6.31. The first-order chi connectivity index (χ1) is 8.74. The lowest BCUT2D eigenvalue weighted by atomic mass is 10.1. The third-order valence-corrected chi connectivity index (χ3v) is 3.30. The van der Waals surface area contributed by atoms with Gasteiger partial charge in [0.15, 0.2) is 0 Å². The summed E-state index contributed by atoms with van der Waals surface area (Å²) in [5, 5.41) is 6.23. The molecule has 0 bridgehead atoms. The van der Waals surface area contributed by atoms with E-state index < -0.39 is 0 Å².